The number of rotatable bonds is 0. The molecule has 4 heteroatoms. The molecule has 0 aliphatic carbocycles. The van der Waals surface area contributed by atoms with Gasteiger partial charge in [0, 0.05) is 5.02 Å². The van der Waals surface area contributed by atoms with E-state index < -0.39 is 0 Å². The fraction of sp³-hybridized carbons (Fsp3) is 0. The molecule has 2 heterocycles. The number of hydrogen-bond acceptors (Lipinski definition) is 3. The van der Waals surface area contributed by atoms with Crippen molar-refractivity contribution in [1.82, 2.24) is 0 Å². The van der Waals surface area contributed by atoms with Gasteiger partial charge in [0.05, 0.1) is 10.8 Å². The summed E-state index contributed by atoms with van der Waals surface area (Å²) in [6.07, 6.45) is 0. The second kappa shape index (κ2) is 3.62. The van der Waals surface area contributed by atoms with Gasteiger partial charge in [0.2, 0.25) is 11.0 Å². The van der Waals surface area contributed by atoms with E-state index in [-0.39, 0.29) is 11.0 Å². The van der Waals surface area contributed by atoms with Crippen LogP contribution in [0.1, 0.15) is 0 Å². The second-order valence-electron chi connectivity index (χ2n) is 4.33. The zero-order chi connectivity index (χ0) is 13.0. The first kappa shape index (κ1) is 10.6. The molecule has 0 unspecified atom stereocenters. The standard InChI is InChI=1S/C15H7ClO3/c16-8-5-6-12-10(7-8)14-15(19-12)13(17)9-3-1-2-4-11(9)18-14/h1-7H. The summed E-state index contributed by atoms with van der Waals surface area (Å²) < 4.78 is 11.4. The van der Waals surface area contributed by atoms with Crippen molar-refractivity contribution in [3.8, 4) is 0 Å². The summed E-state index contributed by atoms with van der Waals surface area (Å²) >= 11 is 5.97. The Balaban J connectivity index is 2.34. The number of fused-ring (bicyclic) bond motifs is 4. The van der Waals surface area contributed by atoms with Crippen molar-refractivity contribution < 1.29 is 8.83 Å². The first-order chi connectivity index (χ1) is 9.24. The third-order valence-corrected chi connectivity index (χ3v) is 3.39. The average Bonchev–Trinajstić information content (AvgIpc) is 2.78. The molecule has 2 aromatic carbocycles. The molecule has 92 valence electrons. The summed E-state index contributed by atoms with van der Waals surface area (Å²) in [6.45, 7) is 0. The molecule has 0 fully saturated rings. The first-order valence-corrected chi connectivity index (χ1v) is 6.15. The largest absolute Gasteiger partial charge is 0.452 e. The highest BCUT2D eigenvalue weighted by Crippen LogP contribution is 2.30. The van der Waals surface area contributed by atoms with Gasteiger partial charge in [0.1, 0.15) is 11.2 Å². The molecule has 0 saturated heterocycles. The predicted molar refractivity (Wildman–Crippen MR) is 74.8 cm³/mol. The van der Waals surface area contributed by atoms with Crippen LogP contribution in [0.3, 0.4) is 0 Å². The Labute approximate surface area is 112 Å². The van der Waals surface area contributed by atoms with Crippen molar-refractivity contribution in [2.24, 2.45) is 0 Å². The van der Waals surface area contributed by atoms with E-state index in [1.165, 1.54) is 0 Å². The van der Waals surface area contributed by atoms with Crippen LogP contribution < -0.4 is 5.43 Å². The minimum Gasteiger partial charge on any atom is -0.452 e. The van der Waals surface area contributed by atoms with Crippen LogP contribution in [0.4, 0.5) is 0 Å². The molecule has 4 rings (SSSR count). The molecule has 0 aliphatic rings. The van der Waals surface area contributed by atoms with Crippen molar-refractivity contribution in [2.45, 2.75) is 0 Å². The maximum Gasteiger partial charge on any atom is 0.235 e. The van der Waals surface area contributed by atoms with Gasteiger partial charge in [-0.15, -0.1) is 0 Å². The van der Waals surface area contributed by atoms with E-state index in [9.17, 15) is 4.79 Å². The topological polar surface area (TPSA) is 43.4 Å². The highest BCUT2D eigenvalue weighted by atomic mass is 35.5. The quantitative estimate of drug-likeness (QED) is 0.477. The lowest BCUT2D eigenvalue weighted by molar-refractivity contribution is 0.630. The molecule has 3 nitrogen and oxygen atoms in total. The van der Waals surface area contributed by atoms with Crippen molar-refractivity contribution in [3.63, 3.8) is 0 Å². The molecule has 0 N–H and O–H groups in total. The van der Waals surface area contributed by atoms with Crippen LogP contribution in [0.15, 0.2) is 56.1 Å². The Kier molecular flexibility index (Phi) is 2.03. The first-order valence-electron chi connectivity index (χ1n) is 5.77. The molecule has 0 radical (unpaired) electrons. The van der Waals surface area contributed by atoms with Crippen LogP contribution in [0.5, 0.6) is 0 Å². The predicted octanol–water partition coefficient (Wildman–Crippen LogP) is 4.35. The van der Waals surface area contributed by atoms with Crippen molar-refractivity contribution >= 4 is 44.7 Å². The zero-order valence-electron chi connectivity index (χ0n) is 9.64. The van der Waals surface area contributed by atoms with Gasteiger partial charge in [-0.1, -0.05) is 23.7 Å². The lowest BCUT2D eigenvalue weighted by atomic mass is 10.2. The molecule has 0 saturated carbocycles. The molecule has 4 aromatic rings. The van der Waals surface area contributed by atoms with Crippen LogP contribution in [0.2, 0.25) is 5.02 Å². The van der Waals surface area contributed by atoms with Crippen LogP contribution >= 0.6 is 11.6 Å². The summed E-state index contributed by atoms with van der Waals surface area (Å²) in [5, 5.41) is 1.80. The van der Waals surface area contributed by atoms with Crippen LogP contribution in [-0.2, 0) is 0 Å². The van der Waals surface area contributed by atoms with Crippen molar-refractivity contribution in [3.05, 3.63) is 57.7 Å². The zero-order valence-corrected chi connectivity index (χ0v) is 10.4. The Morgan fingerprint density at radius 2 is 1.58 bits per heavy atom. The minimum absolute atomic E-state index is 0.163. The van der Waals surface area contributed by atoms with Gasteiger partial charge in [0.15, 0.2) is 5.58 Å². The molecular formula is C15H7ClO3. The number of furan rings is 1. The third-order valence-electron chi connectivity index (χ3n) is 3.15. The summed E-state index contributed by atoms with van der Waals surface area (Å²) in [7, 11) is 0. The average molecular weight is 271 g/mol. The molecule has 19 heavy (non-hydrogen) atoms. The number of benzene rings is 2. The maximum absolute atomic E-state index is 12.4. The van der Waals surface area contributed by atoms with Crippen molar-refractivity contribution in [1.29, 1.82) is 0 Å². The normalized spacial score (nSPS) is 11.6. The SMILES string of the molecule is O=c1c2ccccc2oc2c1oc1ccc(Cl)cc12. The number of halogens is 1. The summed E-state index contributed by atoms with van der Waals surface area (Å²) in [6, 6.07) is 12.3. The monoisotopic (exact) mass is 270 g/mol. The van der Waals surface area contributed by atoms with Crippen LogP contribution in [0, 0.1) is 0 Å². The van der Waals surface area contributed by atoms with Crippen molar-refractivity contribution in [2.75, 3.05) is 0 Å². The van der Waals surface area contributed by atoms with E-state index in [0.29, 0.717) is 32.5 Å². The smallest absolute Gasteiger partial charge is 0.235 e. The Hall–Kier alpha value is -2.26. The molecule has 0 spiro atoms. The summed E-state index contributed by atoms with van der Waals surface area (Å²) in [4.78, 5) is 12.4. The lowest BCUT2D eigenvalue weighted by Crippen LogP contribution is -1.99. The molecule has 0 aliphatic heterocycles. The van der Waals surface area contributed by atoms with Crippen LogP contribution in [-0.4, -0.2) is 0 Å². The van der Waals surface area contributed by atoms with E-state index in [1.54, 1.807) is 36.4 Å². The lowest BCUT2D eigenvalue weighted by Gasteiger charge is -1.95. The van der Waals surface area contributed by atoms with Gasteiger partial charge in [0.25, 0.3) is 0 Å². The highest BCUT2D eigenvalue weighted by Gasteiger charge is 2.15. The summed E-state index contributed by atoms with van der Waals surface area (Å²) in [5.74, 6) is 0. The van der Waals surface area contributed by atoms with E-state index in [4.69, 9.17) is 20.4 Å². The Bertz CT molecular complexity index is 995. The second-order valence-corrected chi connectivity index (χ2v) is 4.76. The highest BCUT2D eigenvalue weighted by molar-refractivity contribution is 6.31. The van der Waals surface area contributed by atoms with E-state index in [1.807, 2.05) is 6.07 Å². The minimum atomic E-state index is -0.163. The molecule has 0 bridgehead atoms. The Morgan fingerprint density at radius 3 is 2.47 bits per heavy atom. The summed E-state index contributed by atoms with van der Waals surface area (Å²) in [5.41, 5.74) is 1.65. The van der Waals surface area contributed by atoms with Gasteiger partial charge >= 0.3 is 0 Å². The molecule has 2 aromatic heterocycles. The van der Waals surface area contributed by atoms with E-state index in [2.05, 4.69) is 0 Å². The fourth-order valence-electron chi connectivity index (χ4n) is 2.27. The van der Waals surface area contributed by atoms with Gasteiger partial charge in [-0.05, 0) is 30.3 Å². The molecular weight excluding hydrogens is 264 g/mol. The number of para-hydroxylation sites is 1. The Morgan fingerprint density at radius 1 is 0.842 bits per heavy atom. The molecule has 0 amide bonds. The van der Waals surface area contributed by atoms with Crippen LogP contribution in [0.25, 0.3) is 33.1 Å². The fourth-order valence-corrected chi connectivity index (χ4v) is 2.45. The van der Waals surface area contributed by atoms with Gasteiger partial charge in [-0.25, -0.2) is 0 Å². The number of hydrogen-bond donors (Lipinski definition) is 0. The van der Waals surface area contributed by atoms with E-state index in [0.717, 1.165) is 0 Å². The van der Waals surface area contributed by atoms with E-state index >= 15 is 0 Å². The molecule has 0 atom stereocenters. The van der Waals surface area contributed by atoms with Gasteiger partial charge in [-0.3, -0.25) is 4.79 Å². The van der Waals surface area contributed by atoms with Gasteiger partial charge in [-0.2, -0.15) is 0 Å². The van der Waals surface area contributed by atoms with Gasteiger partial charge < -0.3 is 8.83 Å². The third kappa shape index (κ3) is 1.42. The maximum atomic E-state index is 12.4.